The summed E-state index contributed by atoms with van der Waals surface area (Å²) in [6.45, 7) is 3.26. The monoisotopic (exact) mass is 318 g/mol. The molecule has 0 saturated heterocycles. The lowest BCUT2D eigenvalue weighted by Crippen LogP contribution is -2.30. The van der Waals surface area contributed by atoms with Gasteiger partial charge in [0.2, 0.25) is 0 Å². The number of halogens is 1. The van der Waals surface area contributed by atoms with E-state index in [9.17, 15) is 4.79 Å². The smallest absolute Gasteiger partial charge is 0.255 e. The number of hydrogen-bond donors (Lipinski definition) is 0. The molecule has 1 aromatic carbocycles. The number of carbonyl (C=O) groups excluding carboxylic acids is 1. The highest BCUT2D eigenvalue weighted by molar-refractivity contribution is 9.10. The van der Waals surface area contributed by atoms with Crippen molar-refractivity contribution < 1.29 is 4.79 Å². The second-order valence-electron chi connectivity index (χ2n) is 4.20. The first kappa shape index (κ1) is 13.7. The first-order valence-electron chi connectivity index (χ1n) is 6.14. The van der Waals surface area contributed by atoms with Crippen molar-refractivity contribution in [3.05, 3.63) is 64.4 Å². The third-order valence-electron chi connectivity index (χ3n) is 2.84. The SMILES string of the molecule is CCN(Cc1ccccc1)C(=O)c1cncc(Br)c1. The van der Waals surface area contributed by atoms with Crippen LogP contribution in [0.3, 0.4) is 0 Å². The van der Waals surface area contributed by atoms with Crippen molar-refractivity contribution in [3.63, 3.8) is 0 Å². The Balaban J connectivity index is 2.16. The van der Waals surface area contributed by atoms with Crippen LogP contribution in [0.15, 0.2) is 53.3 Å². The lowest BCUT2D eigenvalue weighted by molar-refractivity contribution is 0.0752. The molecule has 98 valence electrons. The van der Waals surface area contributed by atoms with Gasteiger partial charge in [-0.2, -0.15) is 0 Å². The topological polar surface area (TPSA) is 33.2 Å². The van der Waals surface area contributed by atoms with Gasteiger partial charge in [0.25, 0.3) is 5.91 Å². The number of rotatable bonds is 4. The van der Waals surface area contributed by atoms with E-state index in [1.54, 1.807) is 23.4 Å². The minimum atomic E-state index is 0.000142. The highest BCUT2D eigenvalue weighted by Crippen LogP contribution is 2.13. The predicted molar refractivity (Wildman–Crippen MR) is 78.8 cm³/mol. The Kier molecular flexibility index (Phi) is 4.68. The van der Waals surface area contributed by atoms with E-state index >= 15 is 0 Å². The number of amides is 1. The second-order valence-corrected chi connectivity index (χ2v) is 5.11. The van der Waals surface area contributed by atoms with Crippen molar-refractivity contribution in [2.75, 3.05) is 6.54 Å². The van der Waals surface area contributed by atoms with Gasteiger partial charge in [0, 0.05) is 30.0 Å². The van der Waals surface area contributed by atoms with E-state index in [1.807, 2.05) is 37.3 Å². The van der Waals surface area contributed by atoms with Crippen LogP contribution in [0.4, 0.5) is 0 Å². The van der Waals surface area contributed by atoms with Crippen molar-refractivity contribution in [3.8, 4) is 0 Å². The Morgan fingerprint density at radius 3 is 2.63 bits per heavy atom. The molecule has 4 heteroatoms. The van der Waals surface area contributed by atoms with Crippen LogP contribution in [0, 0.1) is 0 Å². The summed E-state index contributed by atoms with van der Waals surface area (Å²) < 4.78 is 0.814. The van der Waals surface area contributed by atoms with Crippen molar-refractivity contribution in [2.45, 2.75) is 13.5 Å². The van der Waals surface area contributed by atoms with Gasteiger partial charge in [0.1, 0.15) is 0 Å². The summed E-state index contributed by atoms with van der Waals surface area (Å²) in [4.78, 5) is 18.2. The Hall–Kier alpha value is -1.68. The van der Waals surface area contributed by atoms with Crippen LogP contribution in [0.2, 0.25) is 0 Å². The van der Waals surface area contributed by atoms with Gasteiger partial charge in [-0.15, -0.1) is 0 Å². The number of aromatic nitrogens is 1. The van der Waals surface area contributed by atoms with Gasteiger partial charge in [-0.05, 0) is 34.5 Å². The minimum absolute atomic E-state index is 0.000142. The molecule has 19 heavy (non-hydrogen) atoms. The van der Waals surface area contributed by atoms with E-state index in [2.05, 4.69) is 20.9 Å². The summed E-state index contributed by atoms with van der Waals surface area (Å²) >= 11 is 3.34. The molecule has 0 spiro atoms. The summed E-state index contributed by atoms with van der Waals surface area (Å²) in [5.74, 6) is 0.000142. The standard InChI is InChI=1S/C15H15BrN2O/c1-2-18(11-12-6-4-3-5-7-12)15(19)13-8-14(16)10-17-9-13/h3-10H,2,11H2,1H3. The largest absolute Gasteiger partial charge is 0.335 e. The van der Waals surface area contributed by atoms with Gasteiger partial charge in [-0.3, -0.25) is 9.78 Å². The number of carbonyl (C=O) groups is 1. The van der Waals surface area contributed by atoms with Gasteiger partial charge in [-0.1, -0.05) is 30.3 Å². The molecule has 0 bridgehead atoms. The summed E-state index contributed by atoms with van der Waals surface area (Å²) in [5.41, 5.74) is 1.73. The van der Waals surface area contributed by atoms with Crippen LogP contribution >= 0.6 is 15.9 Å². The average Bonchev–Trinajstić information content (AvgIpc) is 2.45. The molecular formula is C15H15BrN2O. The first-order chi connectivity index (χ1) is 9.20. The fourth-order valence-corrected chi connectivity index (χ4v) is 2.21. The Labute approximate surface area is 121 Å². The predicted octanol–water partition coefficient (Wildman–Crippen LogP) is 3.51. The Morgan fingerprint density at radius 1 is 1.26 bits per heavy atom. The number of pyridine rings is 1. The molecule has 0 radical (unpaired) electrons. The lowest BCUT2D eigenvalue weighted by Gasteiger charge is -2.21. The normalized spacial score (nSPS) is 10.2. The van der Waals surface area contributed by atoms with Crippen molar-refractivity contribution >= 4 is 21.8 Å². The molecule has 2 aromatic rings. The van der Waals surface area contributed by atoms with Crippen LogP contribution in [-0.2, 0) is 6.54 Å². The van der Waals surface area contributed by atoms with Crippen LogP contribution < -0.4 is 0 Å². The fourth-order valence-electron chi connectivity index (χ4n) is 1.84. The molecular weight excluding hydrogens is 304 g/mol. The number of benzene rings is 1. The van der Waals surface area contributed by atoms with Gasteiger partial charge in [0.05, 0.1) is 5.56 Å². The maximum atomic E-state index is 12.4. The number of nitrogens with zero attached hydrogens (tertiary/aromatic N) is 2. The second kappa shape index (κ2) is 6.48. The van der Waals surface area contributed by atoms with Gasteiger partial charge < -0.3 is 4.90 Å². The Bertz CT molecular complexity index is 557. The summed E-state index contributed by atoms with van der Waals surface area (Å²) in [6, 6.07) is 11.8. The summed E-state index contributed by atoms with van der Waals surface area (Å²) in [6.07, 6.45) is 3.27. The fraction of sp³-hybridized carbons (Fsp3) is 0.200. The molecule has 1 aromatic heterocycles. The van der Waals surface area contributed by atoms with E-state index in [-0.39, 0.29) is 5.91 Å². The molecule has 0 aliphatic carbocycles. The van der Waals surface area contributed by atoms with Gasteiger partial charge in [-0.25, -0.2) is 0 Å². The first-order valence-corrected chi connectivity index (χ1v) is 6.93. The van der Waals surface area contributed by atoms with Crippen LogP contribution in [0.5, 0.6) is 0 Å². The summed E-state index contributed by atoms with van der Waals surface area (Å²) in [5, 5.41) is 0. The molecule has 3 nitrogen and oxygen atoms in total. The maximum Gasteiger partial charge on any atom is 0.255 e. The Morgan fingerprint density at radius 2 is 2.00 bits per heavy atom. The molecule has 0 saturated carbocycles. The van der Waals surface area contributed by atoms with E-state index in [1.165, 1.54) is 0 Å². The highest BCUT2D eigenvalue weighted by Gasteiger charge is 2.14. The molecule has 1 amide bonds. The van der Waals surface area contributed by atoms with E-state index < -0.39 is 0 Å². The molecule has 1 heterocycles. The molecule has 0 atom stereocenters. The average molecular weight is 319 g/mol. The van der Waals surface area contributed by atoms with Crippen LogP contribution in [-0.4, -0.2) is 22.3 Å². The van der Waals surface area contributed by atoms with Crippen molar-refractivity contribution in [2.24, 2.45) is 0 Å². The van der Waals surface area contributed by atoms with Crippen molar-refractivity contribution in [1.82, 2.24) is 9.88 Å². The van der Waals surface area contributed by atoms with E-state index in [0.29, 0.717) is 18.7 Å². The quantitative estimate of drug-likeness (QED) is 0.864. The highest BCUT2D eigenvalue weighted by atomic mass is 79.9. The maximum absolute atomic E-state index is 12.4. The van der Waals surface area contributed by atoms with Gasteiger partial charge >= 0.3 is 0 Å². The van der Waals surface area contributed by atoms with Crippen molar-refractivity contribution in [1.29, 1.82) is 0 Å². The molecule has 0 aliphatic rings. The summed E-state index contributed by atoms with van der Waals surface area (Å²) in [7, 11) is 0. The van der Waals surface area contributed by atoms with Gasteiger partial charge in [0.15, 0.2) is 0 Å². The van der Waals surface area contributed by atoms with E-state index in [4.69, 9.17) is 0 Å². The molecule has 0 N–H and O–H groups in total. The zero-order valence-electron chi connectivity index (χ0n) is 10.7. The molecule has 2 rings (SSSR count). The lowest BCUT2D eigenvalue weighted by atomic mass is 10.2. The minimum Gasteiger partial charge on any atom is -0.335 e. The van der Waals surface area contributed by atoms with E-state index in [0.717, 1.165) is 10.0 Å². The molecule has 0 fully saturated rings. The van der Waals surface area contributed by atoms with Crippen LogP contribution in [0.1, 0.15) is 22.8 Å². The number of hydrogen-bond acceptors (Lipinski definition) is 2. The zero-order valence-corrected chi connectivity index (χ0v) is 12.3. The molecule has 0 unspecified atom stereocenters. The third-order valence-corrected chi connectivity index (χ3v) is 3.27. The zero-order chi connectivity index (χ0) is 13.7. The third kappa shape index (κ3) is 3.64. The molecule has 0 aliphatic heterocycles. The van der Waals surface area contributed by atoms with Crippen LogP contribution in [0.25, 0.3) is 0 Å².